The van der Waals surface area contributed by atoms with E-state index in [1.165, 1.54) is 24.4 Å². The van der Waals surface area contributed by atoms with Crippen molar-refractivity contribution in [1.82, 2.24) is 9.66 Å². The summed E-state index contributed by atoms with van der Waals surface area (Å²) in [5.74, 6) is -0.322. The summed E-state index contributed by atoms with van der Waals surface area (Å²) in [6, 6.07) is 21.2. The number of alkyl halides is 3. The molecule has 4 aromatic carbocycles. The van der Waals surface area contributed by atoms with Gasteiger partial charge in [0.25, 0.3) is 11.5 Å². The van der Waals surface area contributed by atoms with Crippen molar-refractivity contribution in [1.29, 1.82) is 0 Å². The van der Waals surface area contributed by atoms with Crippen LogP contribution < -0.4 is 15.6 Å². The lowest BCUT2D eigenvalue weighted by atomic mass is 10.1. The molecule has 0 aliphatic rings. The van der Waals surface area contributed by atoms with Gasteiger partial charge in [0.15, 0.2) is 12.4 Å². The number of hydrogen-bond donors (Lipinski definition) is 1. The zero-order valence-electron chi connectivity index (χ0n) is 22.3. The van der Waals surface area contributed by atoms with Crippen LogP contribution in [0.5, 0.6) is 5.75 Å². The van der Waals surface area contributed by atoms with Crippen molar-refractivity contribution in [2.75, 3.05) is 11.9 Å². The van der Waals surface area contributed by atoms with Gasteiger partial charge in [-0.25, -0.2) is 4.98 Å². The van der Waals surface area contributed by atoms with E-state index in [2.05, 4.69) is 31.3 Å². The average molecular weight is 670 g/mol. The van der Waals surface area contributed by atoms with E-state index in [-0.39, 0.29) is 34.7 Å². The molecular formula is C31H21BrClF3N4O3. The zero-order chi connectivity index (χ0) is 30.7. The molecule has 1 N–H and O–H groups in total. The molecule has 0 bridgehead atoms. The molecule has 7 nitrogen and oxygen atoms in total. The molecule has 5 aromatic rings. The highest BCUT2D eigenvalue weighted by Crippen LogP contribution is 2.33. The minimum atomic E-state index is -4.60. The highest BCUT2D eigenvalue weighted by Gasteiger charge is 2.31. The number of para-hydroxylation sites is 1. The maximum atomic E-state index is 13.5. The summed E-state index contributed by atoms with van der Waals surface area (Å²) in [6.45, 7) is 1.57. The normalized spacial score (nSPS) is 11.7. The first-order chi connectivity index (χ1) is 20.5. The topological polar surface area (TPSA) is 85.6 Å². The molecule has 5 rings (SSSR count). The number of aryl methyl sites for hydroxylation is 1. The lowest BCUT2D eigenvalue weighted by Gasteiger charge is -2.13. The van der Waals surface area contributed by atoms with E-state index >= 15 is 0 Å². The second-order valence-corrected chi connectivity index (χ2v) is 10.7. The standard InChI is InChI=1S/C31H21BrClF3N4O3/c1-18-9-11-23(12-10-18)38-27(41)17-43-28-20(14-22(33)15-25(28)32)16-37-40-29(19-5-4-6-21(13-19)31(34,35)36)39-26-8-3-2-7-24(26)30(40)42/h2-16H,17H2,1H3,(H,38,41). The first-order valence-corrected chi connectivity index (χ1v) is 13.9. The number of halogens is 5. The molecule has 0 atom stereocenters. The van der Waals surface area contributed by atoms with Crippen LogP contribution in [0.1, 0.15) is 16.7 Å². The Labute approximate surface area is 256 Å². The van der Waals surface area contributed by atoms with Crippen molar-refractivity contribution in [3.05, 3.63) is 121 Å². The molecule has 0 saturated heterocycles. The fourth-order valence-corrected chi connectivity index (χ4v) is 5.12. The van der Waals surface area contributed by atoms with Crippen molar-refractivity contribution in [2.24, 2.45) is 5.10 Å². The molecule has 12 heteroatoms. The van der Waals surface area contributed by atoms with E-state index in [1.807, 2.05) is 19.1 Å². The molecular weight excluding hydrogens is 649 g/mol. The van der Waals surface area contributed by atoms with Gasteiger partial charge < -0.3 is 10.1 Å². The molecule has 0 aliphatic carbocycles. The Morgan fingerprint density at radius 1 is 1.07 bits per heavy atom. The number of nitrogens with one attached hydrogen (secondary N) is 1. The van der Waals surface area contributed by atoms with Gasteiger partial charge in [0.05, 0.1) is 27.2 Å². The molecule has 0 unspecified atom stereocenters. The largest absolute Gasteiger partial charge is 0.482 e. The molecule has 0 spiro atoms. The number of carbonyl (C=O) groups excluding carboxylic acids is 1. The third kappa shape index (κ3) is 6.95. The Hall–Kier alpha value is -4.48. The number of hydrogen-bond acceptors (Lipinski definition) is 5. The summed E-state index contributed by atoms with van der Waals surface area (Å²) in [4.78, 5) is 30.6. The third-order valence-corrected chi connectivity index (χ3v) is 7.04. The van der Waals surface area contributed by atoms with E-state index in [0.717, 1.165) is 22.4 Å². The molecule has 1 heterocycles. The summed E-state index contributed by atoms with van der Waals surface area (Å²) in [6.07, 6.45) is -3.34. The Morgan fingerprint density at radius 3 is 2.56 bits per heavy atom. The summed E-state index contributed by atoms with van der Waals surface area (Å²) < 4.78 is 47.6. The molecule has 1 amide bonds. The SMILES string of the molecule is Cc1ccc(NC(=O)COc2c(Br)cc(Cl)cc2C=Nn2c(-c3cccc(C(F)(F)F)c3)nc3ccccc3c2=O)cc1. The summed E-state index contributed by atoms with van der Waals surface area (Å²) in [7, 11) is 0. The van der Waals surface area contributed by atoms with Crippen molar-refractivity contribution >= 4 is 56.2 Å². The number of fused-ring (bicyclic) bond motifs is 1. The maximum Gasteiger partial charge on any atom is 0.416 e. The number of ether oxygens (including phenoxy) is 1. The fourth-order valence-electron chi connectivity index (χ4n) is 4.17. The number of anilines is 1. The van der Waals surface area contributed by atoms with Crippen LogP contribution in [-0.2, 0) is 11.0 Å². The van der Waals surface area contributed by atoms with Crippen LogP contribution in [0.15, 0.2) is 99.3 Å². The van der Waals surface area contributed by atoms with Crippen molar-refractivity contribution in [3.63, 3.8) is 0 Å². The van der Waals surface area contributed by atoms with Crippen LogP contribution in [0.2, 0.25) is 5.02 Å². The lowest BCUT2D eigenvalue weighted by molar-refractivity contribution is -0.137. The molecule has 43 heavy (non-hydrogen) atoms. The highest BCUT2D eigenvalue weighted by molar-refractivity contribution is 9.10. The van der Waals surface area contributed by atoms with Gasteiger partial charge in [-0.1, -0.05) is 53.6 Å². The number of rotatable bonds is 7. The quantitative estimate of drug-likeness (QED) is 0.180. The Balaban J connectivity index is 1.53. The third-order valence-electron chi connectivity index (χ3n) is 6.23. The van der Waals surface area contributed by atoms with E-state index in [0.29, 0.717) is 20.7 Å². The monoisotopic (exact) mass is 668 g/mol. The van der Waals surface area contributed by atoms with Crippen LogP contribution in [0.4, 0.5) is 18.9 Å². The van der Waals surface area contributed by atoms with Crippen molar-refractivity contribution in [2.45, 2.75) is 13.1 Å². The van der Waals surface area contributed by atoms with E-state index < -0.39 is 23.2 Å². The van der Waals surface area contributed by atoms with Gasteiger partial charge in [0, 0.05) is 21.8 Å². The minimum Gasteiger partial charge on any atom is -0.482 e. The zero-order valence-corrected chi connectivity index (χ0v) is 24.7. The van der Waals surface area contributed by atoms with Crippen molar-refractivity contribution < 1.29 is 22.7 Å². The van der Waals surface area contributed by atoms with Gasteiger partial charge in [0.1, 0.15) is 5.75 Å². The van der Waals surface area contributed by atoms with E-state index in [1.54, 1.807) is 42.5 Å². The predicted molar refractivity (Wildman–Crippen MR) is 164 cm³/mol. The molecule has 0 radical (unpaired) electrons. The highest BCUT2D eigenvalue weighted by atomic mass is 79.9. The van der Waals surface area contributed by atoms with Crippen LogP contribution in [0.3, 0.4) is 0 Å². The summed E-state index contributed by atoms with van der Waals surface area (Å²) in [5.41, 5.74) is 0.752. The summed E-state index contributed by atoms with van der Waals surface area (Å²) >= 11 is 9.65. The number of aromatic nitrogens is 2. The fraction of sp³-hybridized carbons (Fsp3) is 0.0968. The van der Waals surface area contributed by atoms with E-state index in [9.17, 15) is 22.8 Å². The van der Waals surface area contributed by atoms with Crippen LogP contribution >= 0.6 is 27.5 Å². The number of carbonyl (C=O) groups is 1. The number of nitrogens with zero attached hydrogens (tertiary/aromatic N) is 3. The lowest BCUT2D eigenvalue weighted by Crippen LogP contribution is -2.21. The smallest absolute Gasteiger partial charge is 0.416 e. The second kappa shape index (κ2) is 12.4. The van der Waals surface area contributed by atoms with Gasteiger partial charge in [-0.15, -0.1) is 0 Å². The maximum absolute atomic E-state index is 13.5. The van der Waals surface area contributed by atoms with Crippen LogP contribution in [0, 0.1) is 6.92 Å². The van der Waals surface area contributed by atoms with Gasteiger partial charge in [-0.05, 0) is 71.4 Å². The predicted octanol–water partition coefficient (Wildman–Crippen LogP) is 7.71. The number of benzene rings is 4. The first kappa shape index (κ1) is 30.0. The molecule has 218 valence electrons. The average Bonchev–Trinajstić information content (AvgIpc) is 2.97. The van der Waals surface area contributed by atoms with Crippen LogP contribution in [-0.4, -0.2) is 28.4 Å². The van der Waals surface area contributed by atoms with Crippen molar-refractivity contribution in [3.8, 4) is 17.1 Å². The van der Waals surface area contributed by atoms with Gasteiger partial charge >= 0.3 is 6.18 Å². The first-order valence-electron chi connectivity index (χ1n) is 12.7. The Kier molecular flexibility index (Phi) is 8.65. The van der Waals surface area contributed by atoms with Crippen LogP contribution in [0.25, 0.3) is 22.3 Å². The van der Waals surface area contributed by atoms with E-state index in [4.69, 9.17) is 16.3 Å². The summed E-state index contributed by atoms with van der Waals surface area (Å²) in [5, 5.41) is 7.57. The van der Waals surface area contributed by atoms with Gasteiger partial charge in [-0.3, -0.25) is 9.59 Å². The van der Waals surface area contributed by atoms with Gasteiger partial charge in [0.2, 0.25) is 0 Å². The minimum absolute atomic E-state index is 0.0337. The molecule has 0 fully saturated rings. The van der Waals surface area contributed by atoms with Gasteiger partial charge in [-0.2, -0.15) is 22.9 Å². The Bertz CT molecular complexity index is 1930. The number of amides is 1. The molecule has 0 aliphatic heterocycles. The second-order valence-electron chi connectivity index (χ2n) is 9.40. The molecule has 1 aromatic heterocycles. The molecule has 0 saturated carbocycles. The Morgan fingerprint density at radius 2 is 1.81 bits per heavy atom.